The Balaban J connectivity index is 1.69. The van der Waals surface area contributed by atoms with Crippen LogP contribution in [0.5, 0.6) is 5.75 Å². The first-order chi connectivity index (χ1) is 11.8. The molecule has 0 aliphatic rings. The molecular formula is C20H23NO2S. The molecule has 0 aromatic heterocycles. The molecule has 1 N–H and O–H groups in total. The van der Waals surface area contributed by atoms with Crippen LogP contribution in [0.15, 0.2) is 60.7 Å². The van der Waals surface area contributed by atoms with E-state index in [1.54, 1.807) is 12.2 Å². The molecule has 0 atom stereocenters. The molecule has 2 aromatic rings. The Morgan fingerprint density at radius 3 is 2.67 bits per heavy atom. The zero-order valence-corrected chi connectivity index (χ0v) is 14.7. The largest absolute Gasteiger partial charge is 0.493 e. The van der Waals surface area contributed by atoms with Gasteiger partial charge in [-0.2, -0.15) is 11.8 Å². The Morgan fingerprint density at radius 1 is 1.12 bits per heavy atom. The summed E-state index contributed by atoms with van der Waals surface area (Å²) in [6, 6.07) is 18.0. The summed E-state index contributed by atoms with van der Waals surface area (Å²) in [6.07, 6.45) is 3.34. The van der Waals surface area contributed by atoms with E-state index >= 15 is 0 Å². The summed E-state index contributed by atoms with van der Waals surface area (Å²) >= 11 is 1.81. The van der Waals surface area contributed by atoms with Gasteiger partial charge in [-0.1, -0.05) is 48.5 Å². The number of ether oxygens (including phenoxy) is 1. The molecule has 0 aliphatic carbocycles. The number of benzene rings is 2. The summed E-state index contributed by atoms with van der Waals surface area (Å²) in [5, 5.41) is 2.90. The number of amides is 1. The van der Waals surface area contributed by atoms with Crippen molar-refractivity contribution in [2.45, 2.75) is 12.7 Å². The van der Waals surface area contributed by atoms with Crippen molar-refractivity contribution in [3.05, 3.63) is 71.8 Å². The van der Waals surface area contributed by atoms with Crippen molar-refractivity contribution >= 4 is 23.7 Å². The number of carbonyl (C=O) groups excluding carboxylic acids is 1. The van der Waals surface area contributed by atoms with E-state index in [0.717, 1.165) is 22.8 Å². The molecule has 0 radical (unpaired) electrons. The van der Waals surface area contributed by atoms with E-state index in [9.17, 15) is 4.79 Å². The summed E-state index contributed by atoms with van der Waals surface area (Å²) in [5.41, 5.74) is 2.22. The molecule has 126 valence electrons. The van der Waals surface area contributed by atoms with Crippen molar-refractivity contribution in [3.8, 4) is 5.75 Å². The Bertz CT molecular complexity index is 656. The molecule has 0 saturated heterocycles. The lowest BCUT2D eigenvalue weighted by Crippen LogP contribution is -2.23. The lowest BCUT2D eigenvalue weighted by molar-refractivity contribution is -0.116. The van der Waals surface area contributed by atoms with Crippen LogP contribution < -0.4 is 10.1 Å². The van der Waals surface area contributed by atoms with Gasteiger partial charge in [0.05, 0.1) is 6.61 Å². The van der Waals surface area contributed by atoms with E-state index in [0.29, 0.717) is 13.2 Å². The Labute approximate surface area is 148 Å². The molecular weight excluding hydrogens is 318 g/mol. The minimum absolute atomic E-state index is 0.0818. The zero-order valence-electron chi connectivity index (χ0n) is 13.9. The number of carbonyl (C=O) groups is 1. The van der Waals surface area contributed by atoms with E-state index in [-0.39, 0.29) is 5.91 Å². The Hall–Kier alpha value is -2.20. The molecule has 0 unspecified atom stereocenters. The molecule has 1 amide bonds. The van der Waals surface area contributed by atoms with Crippen molar-refractivity contribution in [3.63, 3.8) is 0 Å². The zero-order chi connectivity index (χ0) is 17.0. The van der Waals surface area contributed by atoms with Crippen LogP contribution in [-0.2, 0) is 10.5 Å². The van der Waals surface area contributed by atoms with Crippen molar-refractivity contribution in [1.29, 1.82) is 0 Å². The number of hydrogen-bond acceptors (Lipinski definition) is 3. The fourth-order valence-electron chi connectivity index (χ4n) is 2.14. The van der Waals surface area contributed by atoms with Gasteiger partial charge in [0.25, 0.3) is 0 Å². The second-order valence-electron chi connectivity index (χ2n) is 5.13. The average molecular weight is 341 g/mol. The number of thioether (sulfide) groups is 1. The van der Waals surface area contributed by atoms with Crippen LogP contribution in [0.3, 0.4) is 0 Å². The van der Waals surface area contributed by atoms with Crippen LogP contribution in [-0.4, -0.2) is 24.8 Å². The third kappa shape index (κ3) is 6.50. The lowest BCUT2D eigenvalue weighted by atomic mass is 10.2. The van der Waals surface area contributed by atoms with Crippen molar-refractivity contribution < 1.29 is 9.53 Å². The normalized spacial score (nSPS) is 10.7. The maximum Gasteiger partial charge on any atom is 0.244 e. The molecule has 3 nitrogen and oxygen atoms in total. The molecule has 0 bridgehead atoms. The van der Waals surface area contributed by atoms with Gasteiger partial charge in [0.15, 0.2) is 0 Å². The average Bonchev–Trinajstić information content (AvgIpc) is 2.62. The molecule has 4 heteroatoms. The van der Waals surface area contributed by atoms with Gasteiger partial charge in [0.2, 0.25) is 5.91 Å². The second-order valence-corrected chi connectivity index (χ2v) is 6.24. The molecule has 0 spiro atoms. The molecule has 24 heavy (non-hydrogen) atoms. The van der Waals surface area contributed by atoms with Crippen molar-refractivity contribution in [2.75, 3.05) is 18.9 Å². The smallest absolute Gasteiger partial charge is 0.244 e. The summed E-state index contributed by atoms with van der Waals surface area (Å²) in [4.78, 5) is 11.9. The van der Waals surface area contributed by atoms with Gasteiger partial charge in [-0.3, -0.25) is 4.79 Å². The van der Waals surface area contributed by atoms with E-state index in [1.165, 1.54) is 5.56 Å². The second kappa shape index (κ2) is 10.6. The van der Waals surface area contributed by atoms with Crippen LogP contribution >= 0.6 is 11.8 Å². The maximum atomic E-state index is 11.9. The molecule has 2 aromatic carbocycles. The first-order valence-electron chi connectivity index (χ1n) is 8.09. The Morgan fingerprint density at radius 2 is 1.88 bits per heavy atom. The predicted octanol–water partition coefficient (Wildman–Crippen LogP) is 4.15. The van der Waals surface area contributed by atoms with E-state index in [2.05, 4.69) is 17.4 Å². The quantitative estimate of drug-likeness (QED) is 0.550. The highest BCUT2D eigenvalue weighted by molar-refractivity contribution is 7.98. The van der Waals surface area contributed by atoms with Gasteiger partial charge in [0.1, 0.15) is 5.75 Å². The fraction of sp³-hybridized carbons (Fsp3) is 0.250. The van der Waals surface area contributed by atoms with Gasteiger partial charge in [0, 0.05) is 29.7 Å². The van der Waals surface area contributed by atoms with E-state index in [1.807, 2.05) is 61.2 Å². The van der Waals surface area contributed by atoms with Gasteiger partial charge in [-0.25, -0.2) is 0 Å². The van der Waals surface area contributed by atoms with Gasteiger partial charge < -0.3 is 10.1 Å². The number of nitrogens with one attached hydrogen (secondary N) is 1. The minimum atomic E-state index is -0.0818. The highest BCUT2D eigenvalue weighted by Gasteiger charge is 2.00. The van der Waals surface area contributed by atoms with Crippen LogP contribution in [0.25, 0.3) is 6.08 Å². The van der Waals surface area contributed by atoms with Crippen LogP contribution in [0.2, 0.25) is 0 Å². The Kier molecular flexibility index (Phi) is 7.98. The van der Waals surface area contributed by atoms with Gasteiger partial charge in [-0.05, 0) is 24.6 Å². The maximum absolute atomic E-state index is 11.9. The van der Waals surface area contributed by atoms with Crippen LogP contribution in [0.1, 0.15) is 18.1 Å². The molecule has 0 aliphatic heterocycles. The first-order valence-corrected chi connectivity index (χ1v) is 9.24. The fourth-order valence-corrected chi connectivity index (χ4v) is 2.96. The number of para-hydroxylation sites is 1. The predicted molar refractivity (Wildman–Crippen MR) is 102 cm³/mol. The first kappa shape index (κ1) is 18.1. The summed E-state index contributed by atoms with van der Waals surface area (Å²) < 4.78 is 5.54. The van der Waals surface area contributed by atoms with Gasteiger partial charge in [-0.15, -0.1) is 0 Å². The minimum Gasteiger partial charge on any atom is -0.493 e. The molecule has 0 fully saturated rings. The summed E-state index contributed by atoms with van der Waals surface area (Å²) in [6.45, 7) is 3.21. The van der Waals surface area contributed by atoms with E-state index < -0.39 is 0 Å². The lowest BCUT2D eigenvalue weighted by Gasteiger charge is -2.06. The van der Waals surface area contributed by atoms with Gasteiger partial charge >= 0.3 is 0 Å². The van der Waals surface area contributed by atoms with E-state index in [4.69, 9.17) is 4.74 Å². The van der Waals surface area contributed by atoms with Crippen LogP contribution in [0.4, 0.5) is 0 Å². The van der Waals surface area contributed by atoms with Crippen molar-refractivity contribution in [1.82, 2.24) is 5.32 Å². The SMILES string of the molecule is CCOc1ccccc1/C=C/C(=O)NCCSCc1ccccc1. The third-order valence-electron chi connectivity index (χ3n) is 3.29. The summed E-state index contributed by atoms with van der Waals surface area (Å²) in [7, 11) is 0. The molecule has 2 rings (SSSR count). The highest BCUT2D eigenvalue weighted by Crippen LogP contribution is 2.19. The van der Waals surface area contributed by atoms with Crippen molar-refractivity contribution in [2.24, 2.45) is 0 Å². The number of hydrogen-bond donors (Lipinski definition) is 1. The topological polar surface area (TPSA) is 38.3 Å². The molecule has 0 heterocycles. The standard InChI is InChI=1S/C20H23NO2S/c1-2-23-19-11-7-6-10-18(19)12-13-20(22)21-14-15-24-16-17-8-4-3-5-9-17/h3-13H,2,14-16H2,1H3,(H,21,22)/b13-12+. The summed E-state index contributed by atoms with van der Waals surface area (Å²) in [5.74, 6) is 2.57. The van der Waals surface area contributed by atoms with Crippen LogP contribution in [0, 0.1) is 0 Å². The highest BCUT2D eigenvalue weighted by atomic mass is 32.2. The number of rotatable bonds is 9. The monoisotopic (exact) mass is 341 g/mol. The molecule has 0 saturated carbocycles. The third-order valence-corrected chi connectivity index (χ3v) is 4.32.